The Bertz CT molecular complexity index is 663. The van der Waals surface area contributed by atoms with Crippen molar-refractivity contribution in [3.05, 3.63) is 58.1 Å². The van der Waals surface area contributed by atoms with Gasteiger partial charge in [0.15, 0.2) is 0 Å². The van der Waals surface area contributed by atoms with Gasteiger partial charge in [-0.3, -0.25) is 0 Å². The lowest BCUT2D eigenvalue weighted by atomic mass is 9.79. The smallest absolute Gasteiger partial charge is 0.0733 e. The quantitative estimate of drug-likeness (QED) is 0.676. The van der Waals surface area contributed by atoms with Crippen molar-refractivity contribution in [2.45, 2.75) is 45.7 Å². The second kappa shape index (κ2) is 5.73. The lowest BCUT2D eigenvalue weighted by Gasteiger charge is -2.49. The zero-order valence-electron chi connectivity index (χ0n) is 15.6. The van der Waals surface area contributed by atoms with Crippen molar-refractivity contribution in [3.8, 4) is 0 Å². The van der Waals surface area contributed by atoms with E-state index in [4.69, 9.17) is 0 Å². The highest BCUT2D eigenvalue weighted by Gasteiger charge is 2.37. The van der Waals surface area contributed by atoms with Crippen LogP contribution in [0.25, 0.3) is 0 Å². The summed E-state index contributed by atoms with van der Waals surface area (Å²) >= 11 is 0. The van der Waals surface area contributed by atoms with Crippen molar-refractivity contribution in [3.63, 3.8) is 0 Å². The average Bonchev–Trinajstić information content (AvgIpc) is 2.50. The van der Waals surface area contributed by atoms with Gasteiger partial charge in [0.25, 0.3) is 0 Å². The fourth-order valence-corrected chi connectivity index (χ4v) is 5.40. The van der Waals surface area contributed by atoms with Crippen molar-refractivity contribution >= 4 is 10.0 Å². The van der Waals surface area contributed by atoms with Crippen LogP contribution in [0.1, 0.15) is 50.8 Å². The van der Waals surface area contributed by atoms with Crippen LogP contribution in [0.5, 0.6) is 0 Å². The third kappa shape index (κ3) is 2.76. The third-order valence-corrected chi connectivity index (χ3v) is 7.15. The number of allylic oxidation sites excluding steroid dienone is 1. The molecule has 0 aliphatic carbocycles. The third-order valence-electron chi connectivity index (χ3n) is 5.49. The summed E-state index contributed by atoms with van der Waals surface area (Å²) in [5.41, 5.74) is 4.58. The maximum Gasteiger partial charge on any atom is 0.0733 e. The summed E-state index contributed by atoms with van der Waals surface area (Å²) in [6, 6.07) is 9.97. The minimum atomic E-state index is -0.738. The van der Waals surface area contributed by atoms with Crippen LogP contribution in [-0.2, 0) is 0 Å². The molecule has 0 saturated carbocycles. The topological polar surface area (TPSA) is 3.24 Å². The average molecular weight is 330 g/mol. The van der Waals surface area contributed by atoms with Crippen LogP contribution >= 0.6 is 10.0 Å². The monoisotopic (exact) mass is 329 g/mol. The first kappa shape index (κ1) is 16.7. The lowest BCUT2D eigenvalue weighted by Crippen LogP contribution is -2.42. The maximum absolute atomic E-state index is 2.62. The molecule has 0 spiro atoms. The molecule has 126 valence electrons. The Balaban J connectivity index is 2.17. The van der Waals surface area contributed by atoms with Gasteiger partial charge in [0.2, 0.25) is 0 Å². The number of hydrogen-bond donors (Lipinski definition) is 0. The molecule has 0 aromatic heterocycles. The van der Waals surface area contributed by atoms with Gasteiger partial charge < -0.3 is 4.90 Å². The van der Waals surface area contributed by atoms with Gasteiger partial charge in [-0.05, 0) is 48.3 Å². The summed E-state index contributed by atoms with van der Waals surface area (Å²) in [6.07, 6.45) is 12.3. The molecule has 0 amide bonds. The zero-order chi connectivity index (χ0) is 16.9. The van der Waals surface area contributed by atoms with Gasteiger partial charge in [-0.25, -0.2) is 10.0 Å². The molecule has 2 heteroatoms. The molecule has 2 heterocycles. The van der Waals surface area contributed by atoms with Crippen molar-refractivity contribution in [2.24, 2.45) is 5.92 Å². The molecule has 1 aromatic rings. The van der Waals surface area contributed by atoms with Gasteiger partial charge in [0, 0.05) is 23.1 Å². The number of fused-ring (bicyclic) bond motifs is 3. The predicted octanol–water partition coefficient (Wildman–Crippen LogP) is 5.67. The Morgan fingerprint density at radius 2 is 1.61 bits per heavy atom. The van der Waals surface area contributed by atoms with Gasteiger partial charge in [0.05, 0.1) is 6.04 Å². The molecule has 0 fully saturated rings. The number of rotatable bonds is 2. The molecule has 23 heavy (non-hydrogen) atoms. The lowest BCUT2D eigenvalue weighted by molar-refractivity contribution is 0.200. The van der Waals surface area contributed by atoms with E-state index in [1.807, 2.05) is 0 Å². The highest BCUT2D eigenvalue weighted by molar-refractivity contribution is 8.35. The van der Waals surface area contributed by atoms with Crippen molar-refractivity contribution in [1.82, 2.24) is 4.90 Å². The molecule has 0 N–H and O–H groups in total. The minimum Gasteiger partial charge on any atom is -0.363 e. The van der Waals surface area contributed by atoms with Crippen LogP contribution in [0.4, 0.5) is 0 Å². The SMILES string of the molecule is CC(C)C1=CC2c3ccccc3C(C)C(C)N2C=C1S(C)(C)C. The van der Waals surface area contributed by atoms with Gasteiger partial charge in [-0.1, -0.05) is 51.1 Å². The second-order valence-electron chi connectivity index (χ2n) is 8.16. The Morgan fingerprint density at radius 3 is 2.17 bits per heavy atom. The summed E-state index contributed by atoms with van der Waals surface area (Å²) < 4.78 is 0. The van der Waals surface area contributed by atoms with Gasteiger partial charge >= 0.3 is 0 Å². The Hall–Kier alpha value is -1.15. The van der Waals surface area contributed by atoms with Gasteiger partial charge in [-0.15, -0.1) is 0 Å². The van der Waals surface area contributed by atoms with Crippen molar-refractivity contribution in [2.75, 3.05) is 18.8 Å². The molecule has 2 aliphatic heterocycles. The van der Waals surface area contributed by atoms with E-state index in [2.05, 4.69) is 87.9 Å². The van der Waals surface area contributed by atoms with E-state index in [0.29, 0.717) is 23.9 Å². The molecule has 0 saturated heterocycles. The standard InChI is InChI=1S/C21H31NS/c1-14(2)19-12-20-18-11-9-8-10-17(18)15(3)16(4)22(20)13-21(19)23(5,6)7/h8-16,20H,1-7H3. The Labute approximate surface area is 143 Å². The molecular weight excluding hydrogens is 298 g/mol. The summed E-state index contributed by atoms with van der Waals surface area (Å²) in [6.45, 7) is 9.43. The predicted molar refractivity (Wildman–Crippen MR) is 105 cm³/mol. The van der Waals surface area contributed by atoms with Gasteiger partial charge in [-0.2, -0.15) is 0 Å². The molecule has 1 nitrogen and oxygen atoms in total. The summed E-state index contributed by atoms with van der Waals surface area (Å²) in [5, 5.41) is 0. The molecule has 3 atom stereocenters. The molecule has 0 bridgehead atoms. The fraction of sp³-hybridized carbons (Fsp3) is 0.524. The van der Waals surface area contributed by atoms with Crippen LogP contribution < -0.4 is 0 Å². The van der Waals surface area contributed by atoms with E-state index in [-0.39, 0.29) is 0 Å². The van der Waals surface area contributed by atoms with Crippen LogP contribution in [0.3, 0.4) is 0 Å². The number of benzene rings is 1. The Kier molecular flexibility index (Phi) is 4.16. The molecule has 3 unspecified atom stereocenters. The van der Waals surface area contributed by atoms with Gasteiger partial charge in [0.1, 0.15) is 0 Å². The van der Waals surface area contributed by atoms with Crippen molar-refractivity contribution < 1.29 is 0 Å². The highest BCUT2D eigenvalue weighted by atomic mass is 32.3. The normalized spacial score (nSPS) is 28.0. The van der Waals surface area contributed by atoms with E-state index < -0.39 is 10.0 Å². The van der Waals surface area contributed by atoms with Crippen LogP contribution in [0.15, 0.2) is 47.0 Å². The maximum atomic E-state index is 2.62. The Morgan fingerprint density at radius 1 is 1.00 bits per heavy atom. The zero-order valence-corrected chi connectivity index (χ0v) is 16.4. The fourth-order valence-electron chi connectivity index (χ4n) is 3.95. The van der Waals surface area contributed by atoms with E-state index >= 15 is 0 Å². The molecule has 0 radical (unpaired) electrons. The highest BCUT2D eigenvalue weighted by Crippen LogP contribution is 2.55. The van der Waals surface area contributed by atoms with E-state index in [1.54, 1.807) is 10.5 Å². The van der Waals surface area contributed by atoms with E-state index in [0.717, 1.165) is 0 Å². The minimum absolute atomic E-state index is 0.403. The second-order valence-corrected chi connectivity index (χ2v) is 12.3. The first-order chi connectivity index (χ1) is 10.7. The molecule has 1 aromatic carbocycles. The van der Waals surface area contributed by atoms with Crippen LogP contribution in [0.2, 0.25) is 0 Å². The van der Waals surface area contributed by atoms with Crippen LogP contribution in [-0.4, -0.2) is 29.7 Å². The van der Waals surface area contributed by atoms with E-state index in [9.17, 15) is 0 Å². The van der Waals surface area contributed by atoms with Crippen LogP contribution in [0, 0.1) is 5.92 Å². The first-order valence-electron chi connectivity index (χ1n) is 8.70. The number of nitrogens with zero attached hydrogens (tertiary/aromatic N) is 1. The first-order valence-corrected chi connectivity index (χ1v) is 11.6. The summed E-state index contributed by atoms with van der Waals surface area (Å²) in [4.78, 5) is 4.20. The largest absolute Gasteiger partial charge is 0.363 e. The molecule has 2 aliphatic rings. The number of hydrogen-bond acceptors (Lipinski definition) is 1. The van der Waals surface area contributed by atoms with E-state index in [1.165, 1.54) is 11.1 Å². The molecule has 3 rings (SSSR count). The summed E-state index contributed by atoms with van der Waals surface area (Å²) in [5.74, 6) is 1.15. The van der Waals surface area contributed by atoms with Crippen molar-refractivity contribution in [1.29, 1.82) is 0 Å². The summed E-state index contributed by atoms with van der Waals surface area (Å²) in [7, 11) is -0.738. The molecular formula is C21H31NS.